The third kappa shape index (κ3) is 6.37. The van der Waals surface area contributed by atoms with Crippen LogP contribution < -0.4 is 5.32 Å². The van der Waals surface area contributed by atoms with Gasteiger partial charge in [0.05, 0.1) is 34.5 Å². The maximum absolute atomic E-state index is 14.6. The van der Waals surface area contributed by atoms with Crippen molar-refractivity contribution in [2.75, 3.05) is 17.3 Å². The van der Waals surface area contributed by atoms with Gasteiger partial charge in [-0.1, -0.05) is 19.9 Å². The van der Waals surface area contributed by atoms with Crippen molar-refractivity contribution in [3.63, 3.8) is 0 Å². The monoisotopic (exact) mass is 610 g/mol. The molecular formula is C33H31FN6O3S. The van der Waals surface area contributed by atoms with E-state index in [2.05, 4.69) is 30.5 Å². The molecule has 0 radical (unpaired) electrons. The number of nitrogens with one attached hydrogen (secondary N) is 3. The fourth-order valence-corrected chi connectivity index (χ4v) is 5.90. The molecule has 0 unspecified atom stereocenters. The number of fused-ring (bicyclic) bond motifs is 2. The molecule has 0 aliphatic rings. The molecule has 9 nitrogen and oxygen atoms in total. The lowest BCUT2D eigenvalue weighted by Gasteiger charge is -2.09. The first-order chi connectivity index (χ1) is 21.0. The van der Waals surface area contributed by atoms with Crippen molar-refractivity contribution in [3.8, 4) is 33.8 Å². The number of carbonyl (C=O) groups is 1. The number of aromatic nitrogens is 5. The van der Waals surface area contributed by atoms with E-state index in [0.29, 0.717) is 34.6 Å². The SMILES string of the molecule is CC(C)CC(=O)Nc1cncc(-c2ccc3[nH]nc(-c4cc5c(-c6cc(F)cc(CCS(C)(=O)=O)c6)nccc5[nH]4)c3c2)c1. The minimum absolute atomic E-state index is 0.0532. The lowest BCUT2D eigenvalue weighted by atomic mass is 10.0. The molecule has 2 aromatic carbocycles. The fraction of sp³-hybridized carbons (Fsp3) is 0.212. The van der Waals surface area contributed by atoms with Gasteiger partial charge in [0.25, 0.3) is 0 Å². The van der Waals surface area contributed by atoms with Gasteiger partial charge in [-0.05, 0) is 72.0 Å². The third-order valence-corrected chi connectivity index (χ3v) is 8.25. The highest BCUT2D eigenvalue weighted by Crippen LogP contribution is 2.35. The minimum atomic E-state index is -3.19. The Bertz CT molecular complexity index is 2130. The van der Waals surface area contributed by atoms with Crippen LogP contribution in [0.5, 0.6) is 0 Å². The Kier molecular flexibility index (Phi) is 7.73. The number of hydrogen-bond donors (Lipinski definition) is 3. The predicted molar refractivity (Wildman–Crippen MR) is 171 cm³/mol. The van der Waals surface area contributed by atoms with Gasteiger partial charge in [-0.15, -0.1) is 0 Å². The number of H-pyrrole nitrogens is 2. The molecule has 1 amide bonds. The van der Waals surface area contributed by atoms with E-state index >= 15 is 0 Å². The van der Waals surface area contributed by atoms with Crippen LogP contribution in [-0.4, -0.2) is 51.5 Å². The average Bonchev–Trinajstić information content (AvgIpc) is 3.59. The first kappa shape index (κ1) is 29.2. The van der Waals surface area contributed by atoms with Crippen molar-refractivity contribution in [2.45, 2.75) is 26.7 Å². The minimum Gasteiger partial charge on any atom is -0.353 e. The zero-order valence-corrected chi connectivity index (χ0v) is 25.3. The van der Waals surface area contributed by atoms with Crippen molar-refractivity contribution in [1.29, 1.82) is 0 Å². The molecule has 0 atom stereocenters. The third-order valence-electron chi connectivity index (χ3n) is 7.31. The molecule has 0 saturated carbocycles. The normalized spacial score (nSPS) is 11.9. The predicted octanol–water partition coefficient (Wildman–Crippen LogP) is 6.55. The number of aryl methyl sites for hydroxylation is 1. The molecule has 0 fully saturated rings. The Morgan fingerprint density at radius 3 is 2.55 bits per heavy atom. The number of benzene rings is 2. The summed E-state index contributed by atoms with van der Waals surface area (Å²) in [6.45, 7) is 4.00. The van der Waals surface area contributed by atoms with Gasteiger partial charge in [0.15, 0.2) is 0 Å². The van der Waals surface area contributed by atoms with E-state index in [1.54, 1.807) is 24.7 Å². The summed E-state index contributed by atoms with van der Waals surface area (Å²) in [7, 11) is -3.19. The second kappa shape index (κ2) is 11.6. The fourth-order valence-electron chi connectivity index (χ4n) is 5.29. The van der Waals surface area contributed by atoms with Gasteiger partial charge >= 0.3 is 0 Å². The molecule has 6 rings (SSSR count). The summed E-state index contributed by atoms with van der Waals surface area (Å²) >= 11 is 0. The number of halogens is 1. The molecule has 224 valence electrons. The molecule has 4 aromatic heterocycles. The van der Waals surface area contributed by atoms with Crippen LogP contribution in [-0.2, 0) is 21.1 Å². The summed E-state index contributed by atoms with van der Waals surface area (Å²) in [6, 6.07) is 16.2. The van der Waals surface area contributed by atoms with Gasteiger partial charge in [-0.3, -0.25) is 19.9 Å². The summed E-state index contributed by atoms with van der Waals surface area (Å²) in [5, 5.41) is 12.3. The van der Waals surface area contributed by atoms with Gasteiger partial charge in [0.2, 0.25) is 5.91 Å². The maximum Gasteiger partial charge on any atom is 0.224 e. The molecular weight excluding hydrogens is 579 g/mol. The highest BCUT2D eigenvalue weighted by Gasteiger charge is 2.17. The Hall–Kier alpha value is -4.90. The van der Waals surface area contributed by atoms with Crippen LogP contribution in [0.3, 0.4) is 0 Å². The number of rotatable bonds is 9. The molecule has 0 saturated heterocycles. The average molecular weight is 611 g/mol. The number of aromatic amines is 2. The van der Waals surface area contributed by atoms with E-state index in [-0.39, 0.29) is 24.0 Å². The summed E-state index contributed by atoms with van der Waals surface area (Å²) in [6.07, 6.45) is 6.85. The number of carbonyl (C=O) groups excluding carboxylic acids is 1. The lowest BCUT2D eigenvalue weighted by Crippen LogP contribution is -2.13. The molecule has 6 aromatic rings. The molecule has 3 N–H and O–H groups in total. The second-order valence-electron chi connectivity index (χ2n) is 11.5. The first-order valence-electron chi connectivity index (χ1n) is 14.2. The number of amides is 1. The summed E-state index contributed by atoms with van der Waals surface area (Å²) in [4.78, 5) is 24.6. The van der Waals surface area contributed by atoms with E-state index in [4.69, 9.17) is 0 Å². The van der Waals surface area contributed by atoms with Gasteiger partial charge in [-0.25, -0.2) is 12.8 Å². The van der Waals surface area contributed by atoms with Gasteiger partial charge in [-0.2, -0.15) is 5.10 Å². The smallest absolute Gasteiger partial charge is 0.224 e. The van der Waals surface area contributed by atoms with Gasteiger partial charge in [0.1, 0.15) is 21.3 Å². The summed E-state index contributed by atoms with van der Waals surface area (Å²) in [5.41, 5.74) is 7.21. The zero-order chi connectivity index (χ0) is 31.0. The van der Waals surface area contributed by atoms with Crippen LogP contribution >= 0.6 is 0 Å². The van der Waals surface area contributed by atoms with Gasteiger partial charge < -0.3 is 10.3 Å². The first-order valence-corrected chi connectivity index (χ1v) is 16.3. The molecule has 0 spiro atoms. The Balaban J connectivity index is 1.36. The van der Waals surface area contributed by atoms with E-state index in [1.807, 2.05) is 50.2 Å². The summed E-state index contributed by atoms with van der Waals surface area (Å²) in [5.74, 6) is -0.321. The van der Waals surface area contributed by atoms with Gasteiger partial charge in [0, 0.05) is 52.5 Å². The molecule has 0 aliphatic carbocycles. The number of pyridine rings is 2. The van der Waals surface area contributed by atoms with Crippen LogP contribution in [0.25, 0.3) is 55.6 Å². The van der Waals surface area contributed by atoms with E-state index in [9.17, 15) is 17.6 Å². The number of nitrogens with zero attached hydrogens (tertiary/aromatic N) is 3. The molecule has 11 heteroatoms. The maximum atomic E-state index is 14.6. The van der Waals surface area contributed by atoms with Crippen molar-refractivity contribution in [3.05, 3.63) is 84.6 Å². The van der Waals surface area contributed by atoms with Crippen molar-refractivity contribution in [2.24, 2.45) is 5.92 Å². The van der Waals surface area contributed by atoms with Crippen molar-refractivity contribution < 1.29 is 17.6 Å². The Morgan fingerprint density at radius 1 is 0.932 bits per heavy atom. The Labute approximate surface area is 253 Å². The molecule has 0 bridgehead atoms. The lowest BCUT2D eigenvalue weighted by molar-refractivity contribution is -0.116. The van der Waals surface area contributed by atoms with E-state index in [1.165, 1.54) is 18.4 Å². The number of anilines is 1. The van der Waals surface area contributed by atoms with E-state index < -0.39 is 15.7 Å². The molecule has 0 aliphatic heterocycles. The van der Waals surface area contributed by atoms with Crippen molar-refractivity contribution >= 4 is 43.2 Å². The van der Waals surface area contributed by atoms with Crippen LogP contribution in [0.15, 0.2) is 73.2 Å². The number of hydrogen-bond acceptors (Lipinski definition) is 6. The van der Waals surface area contributed by atoms with E-state index in [0.717, 1.165) is 38.6 Å². The topological polar surface area (TPSA) is 133 Å². The highest BCUT2D eigenvalue weighted by atomic mass is 32.2. The van der Waals surface area contributed by atoms with Crippen LogP contribution in [0.1, 0.15) is 25.8 Å². The highest BCUT2D eigenvalue weighted by molar-refractivity contribution is 7.90. The second-order valence-corrected chi connectivity index (χ2v) is 13.7. The summed E-state index contributed by atoms with van der Waals surface area (Å²) < 4.78 is 38.0. The van der Waals surface area contributed by atoms with Crippen LogP contribution in [0.4, 0.5) is 10.1 Å². The van der Waals surface area contributed by atoms with Crippen LogP contribution in [0, 0.1) is 11.7 Å². The largest absolute Gasteiger partial charge is 0.353 e. The molecule has 4 heterocycles. The number of sulfone groups is 1. The van der Waals surface area contributed by atoms with Crippen molar-refractivity contribution in [1.82, 2.24) is 25.1 Å². The standard InChI is InChI=1S/C33H31FN6O3S/c1-19(2)10-31(41)37-25-14-23(17-35-18-25)21-4-5-29-26(15-21)33(40-39-29)30-16-27-28(38-30)6-8-36-32(27)22-11-20(12-24(34)13-22)7-9-44(3,42)43/h4-6,8,11-19,38H,7,9-10H2,1-3H3,(H,37,41)(H,39,40). The quantitative estimate of drug-likeness (QED) is 0.170. The van der Waals surface area contributed by atoms with Crippen LogP contribution in [0.2, 0.25) is 0 Å². The Morgan fingerprint density at radius 2 is 1.75 bits per heavy atom. The zero-order valence-electron chi connectivity index (χ0n) is 24.5. The molecule has 44 heavy (non-hydrogen) atoms.